The lowest BCUT2D eigenvalue weighted by atomic mass is 10.1. The van der Waals surface area contributed by atoms with Crippen LogP contribution in [-0.2, 0) is 0 Å². The normalized spacial score (nSPS) is 10.4. The van der Waals surface area contributed by atoms with Gasteiger partial charge < -0.3 is 10.1 Å². The molecule has 1 N–H and O–H groups in total. The van der Waals surface area contributed by atoms with Crippen LogP contribution in [0.15, 0.2) is 36.4 Å². The molecule has 106 valence electrons. The zero-order chi connectivity index (χ0) is 14.5. The van der Waals surface area contributed by atoms with E-state index in [1.54, 1.807) is 0 Å². The van der Waals surface area contributed by atoms with Crippen LogP contribution in [0.1, 0.15) is 22.3 Å². The maximum Gasteiger partial charge on any atom is 0.122 e. The van der Waals surface area contributed by atoms with Gasteiger partial charge in [0.15, 0.2) is 0 Å². The molecule has 0 aromatic heterocycles. The Balaban J connectivity index is 1.86. The van der Waals surface area contributed by atoms with Crippen molar-refractivity contribution in [3.63, 3.8) is 0 Å². The summed E-state index contributed by atoms with van der Waals surface area (Å²) in [7, 11) is 0. The molecule has 0 atom stereocenters. The molecule has 0 spiro atoms. The van der Waals surface area contributed by atoms with Crippen molar-refractivity contribution in [2.45, 2.75) is 27.7 Å². The fraction of sp³-hybridized carbons (Fsp3) is 0.333. The Labute approximate surface area is 121 Å². The third-order valence-electron chi connectivity index (χ3n) is 3.61. The molecule has 0 amide bonds. The topological polar surface area (TPSA) is 21.3 Å². The summed E-state index contributed by atoms with van der Waals surface area (Å²) >= 11 is 0. The summed E-state index contributed by atoms with van der Waals surface area (Å²) in [6, 6.07) is 12.6. The average Bonchev–Trinajstić information content (AvgIpc) is 2.41. The number of benzene rings is 2. The fourth-order valence-electron chi connectivity index (χ4n) is 2.25. The van der Waals surface area contributed by atoms with Gasteiger partial charge in [-0.15, -0.1) is 0 Å². The van der Waals surface area contributed by atoms with Crippen molar-refractivity contribution < 1.29 is 4.74 Å². The van der Waals surface area contributed by atoms with Crippen LogP contribution in [0.3, 0.4) is 0 Å². The molecule has 2 aromatic rings. The quantitative estimate of drug-likeness (QED) is 0.812. The summed E-state index contributed by atoms with van der Waals surface area (Å²) in [5.74, 6) is 0.971. The van der Waals surface area contributed by atoms with Crippen molar-refractivity contribution in [1.82, 2.24) is 0 Å². The van der Waals surface area contributed by atoms with Gasteiger partial charge in [0.2, 0.25) is 0 Å². The molecule has 0 aliphatic rings. The van der Waals surface area contributed by atoms with Crippen LogP contribution in [-0.4, -0.2) is 13.2 Å². The molecular weight excluding hydrogens is 246 g/mol. The first-order chi connectivity index (χ1) is 9.58. The predicted molar refractivity (Wildman–Crippen MR) is 85.8 cm³/mol. The Bertz CT molecular complexity index is 590. The molecule has 0 heterocycles. The fourth-order valence-corrected chi connectivity index (χ4v) is 2.25. The van der Waals surface area contributed by atoms with E-state index < -0.39 is 0 Å². The van der Waals surface area contributed by atoms with E-state index in [0.29, 0.717) is 6.61 Å². The average molecular weight is 269 g/mol. The van der Waals surface area contributed by atoms with Crippen LogP contribution < -0.4 is 10.1 Å². The zero-order valence-corrected chi connectivity index (χ0v) is 12.8. The molecule has 0 bridgehead atoms. The molecule has 2 heteroatoms. The SMILES string of the molecule is Cc1ccc(OCCNc2cccc(C)c2C)c(C)c1. The molecule has 20 heavy (non-hydrogen) atoms. The molecule has 0 aliphatic carbocycles. The van der Waals surface area contributed by atoms with Crippen molar-refractivity contribution in [3.05, 3.63) is 58.7 Å². The van der Waals surface area contributed by atoms with E-state index in [-0.39, 0.29) is 0 Å². The lowest BCUT2D eigenvalue weighted by molar-refractivity contribution is 0.330. The van der Waals surface area contributed by atoms with Gasteiger partial charge in [-0.25, -0.2) is 0 Å². The number of anilines is 1. The molecule has 2 rings (SSSR count). The van der Waals surface area contributed by atoms with Crippen LogP contribution in [0.4, 0.5) is 5.69 Å². The van der Waals surface area contributed by atoms with Gasteiger partial charge in [-0.2, -0.15) is 0 Å². The second kappa shape index (κ2) is 6.47. The maximum atomic E-state index is 5.82. The molecule has 0 saturated heterocycles. The van der Waals surface area contributed by atoms with Crippen LogP contribution in [0.2, 0.25) is 0 Å². The van der Waals surface area contributed by atoms with E-state index in [2.05, 4.69) is 63.3 Å². The number of aryl methyl sites for hydroxylation is 3. The first kappa shape index (κ1) is 14.4. The van der Waals surface area contributed by atoms with Gasteiger partial charge in [-0.05, 0) is 56.5 Å². The number of nitrogens with one attached hydrogen (secondary N) is 1. The van der Waals surface area contributed by atoms with Crippen LogP contribution in [0, 0.1) is 27.7 Å². The van der Waals surface area contributed by atoms with Gasteiger partial charge in [0.1, 0.15) is 12.4 Å². The minimum atomic E-state index is 0.664. The minimum absolute atomic E-state index is 0.664. The smallest absolute Gasteiger partial charge is 0.122 e. The van der Waals surface area contributed by atoms with Crippen molar-refractivity contribution in [2.24, 2.45) is 0 Å². The van der Waals surface area contributed by atoms with Gasteiger partial charge in [0.25, 0.3) is 0 Å². The highest BCUT2D eigenvalue weighted by Gasteiger charge is 2.01. The van der Waals surface area contributed by atoms with Gasteiger partial charge in [-0.1, -0.05) is 29.8 Å². The Hall–Kier alpha value is -1.96. The second-order valence-electron chi connectivity index (χ2n) is 5.29. The lowest BCUT2D eigenvalue weighted by Crippen LogP contribution is -2.12. The number of hydrogen-bond donors (Lipinski definition) is 1. The molecule has 0 fully saturated rings. The van der Waals surface area contributed by atoms with E-state index in [9.17, 15) is 0 Å². The standard InChI is InChI=1S/C18H23NO/c1-13-8-9-18(15(3)12-13)20-11-10-19-17-7-5-6-14(2)16(17)4/h5-9,12,19H,10-11H2,1-4H3. The predicted octanol–water partition coefficient (Wildman–Crippen LogP) is 4.41. The first-order valence-corrected chi connectivity index (χ1v) is 7.08. The first-order valence-electron chi connectivity index (χ1n) is 7.08. The summed E-state index contributed by atoms with van der Waals surface area (Å²) in [5, 5.41) is 3.43. The van der Waals surface area contributed by atoms with Crippen molar-refractivity contribution in [2.75, 3.05) is 18.5 Å². The Morgan fingerprint density at radius 3 is 2.50 bits per heavy atom. The summed E-state index contributed by atoms with van der Waals surface area (Å²) in [5.41, 5.74) is 6.26. The van der Waals surface area contributed by atoms with E-state index in [0.717, 1.165) is 12.3 Å². The van der Waals surface area contributed by atoms with E-state index in [1.165, 1.54) is 27.9 Å². The highest BCUT2D eigenvalue weighted by molar-refractivity contribution is 5.53. The van der Waals surface area contributed by atoms with Crippen LogP contribution in [0.25, 0.3) is 0 Å². The molecule has 0 radical (unpaired) electrons. The zero-order valence-electron chi connectivity index (χ0n) is 12.8. The molecule has 0 saturated carbocycles. The number of rotatable bonds is 5. The highest BCUT2D eigenvalue weighted by Crippen LogP contribution is 2.19. The third kappa shape index (κ3) is 3.53. The monoisotopic (exact) mass is 269 g/mol. The van der Waals surface area contributed by atoms with Crippen molar-refractivity contribution in [3.8, 4) is 5.75 Å². The summed E-state index contributed by atoms with van der Waals surface area (Å²) in [6.45, 7) is 9.92. The van der Waals surface area contributed by atoms with Gasteiger partial charge in [0.05, 0.1) is 0 Å². The summed E-state index contributed by atoms with van der Waals surface area (Å²) in [6.07, 6.45) is 0. The van der Waals surface area contributed by atoms with Crippen LogP contribution in [0.5, 0.6) is 5.75 Å². The van der Waals surface area contributed by atoms with Gasteiger partial charge in [-0.3, -0.25) is 0 Å². The third-order valence-corrected chi connectivity index (χ3v) is 3.61. The van der Waals surface area contributed by atoms with Crippen molar-refractivity contribution >= 4 is 5.69 Å². The molecule has 0 unspecified atom stereocenters. The minimum Gasteiger partial charge on any atom is -0.491 e. The molecule has 2 aromatic carbocycles. The van der Waals surface area contributed by atoms with Gasteiger partial charge >= 0.3 is 0 Å². The largest absolute Gasteiger partial charge is 0.491 e. The highest BCUT2D eigenvalue weighted by atomic mass is 16.5. The van der Waals surface area contributed by atoms with Gasteiger partial charge in [0, 0.05) is 12.2 Å². The molecular formula is C18H23NO. The summed E-state index contributed by atoms with van der Waals surface area (Å²) < 4.78 is 5.82. The Kier molecular flexibility index (Phi) is 4.67. The maximum absolute atomic E-state index is 5.82. The van der Waals surface area contributed by atoms with E-state index >= 15 is 0 Å². The number of ether oxygens (including phenoxy) is 1. The Morgan fingerprint density at radius 1 is 0.950 bits per heavy atom. The second-order valence-corrected chi connectivity index (χ2v) is 5.29. The van der Waals surface area contributed by atoms with Crippen LogP contribution >= 0.6 is 0 Å². The molecule has 0 aliphatic heterocycles. The summed E-state index contributed by atoms with van der Waals surface area (Å²) in [4.78, 5) is 0. The van der Waals surface area contributed by atoms with E-state index in [4.69, 9.17) is 4.74 Å². The van der Waals surface area contributed by atoms with E-state index in [1.807, 2.05) is 6.07 Å². The van der Waals surface area contributed by atoms with Crippen molar-refractivity contribution in [1.29, 1.82) is 0 Å². The number of hydrogen-bond acceptors (Lipinski definition) is 2. The Morgan fingerprint density at radius 2 is 1.75 bits per heavy atom. The lowest BCUT2D eigenvalue weighted by Gasteiger charge is -2.13. The molecule has 2 nitrogen and oxygen atoms in total.